The second-order valence-electron chi connectivity index (χ2n) is 5.43. The highest BCUT2D eigenvalue weighted by Crippen LogP contribution is 2.17. The number of sulfonamides is 1. The summed E-state index contributed by atoms with van der Waals surface area (Å²) in [5.41, 5.74) is 5.17. The Bertz CT molecular complexity index is 684. The topological polar surface area (TPSA) is 113 Å². The van der Waals surface area contributed by atoms with E-state index in [2.05, 4.69) is 5.32 Å². The Morgan fingerprint density at radius 1 is 1.08 bits per heavy atom. The molecule has 3 N–H and O–H groups in total. The molecule has 1 heterocycles. The molecule has 140 valence electrons. The molecule has 0 saturated carbocycles. The van der Waals surface area contributed by atoms with E-state index in [1.165, 1.54) is 4.31 Å². The third-order valence-electron chi connectivity index (χ3n) is 3.81. The lowest BCUT2D eigenvalue weighted by molar-refractivity contribution is -0.132. The van der Waals surface area contributed by atoms with Gasteiger partial charge < -0.3 is 16.0 Å². The number of hydrogen-bond donors (Lipinski definition) is 2. The number of nitrogens with one attached hydrogen (secondary N) is 1. The van der Waals surface area contributed by atoms with Gasteiger partial charge in [-0.25, -0.2) is 8.42 Å². The molecule has 1 aromatic rings. The summed E-state index contributed by atoms with van der Waals surface area (Å²) in [4.78, 5) is 25.0. The summed E-state index contributed by atoms with van der Waals surface area (Å²) >= 11 is 0. The largest absolute Gasteiger partial charge is 0.346 e. The number of nitrogens with two attached hydrogens (primary N) is 1. The minimum Gasteiger partial charge on any atom is -0.346 e. The van der Waals surface area contributed by atoms with Crippen molar-refractivity contribution in [2.45, 2.75) is 11.3 Å². The minimum atomic E-state index is -3.56. The summed E-state index contributed by atoms with van der Waals surface area (Å²) in [5.74, 6) is -0.637. The summed E-state index contributed by atoms with van der Waals surface area (Å²) in [5, 5.41) is 2.43. The fourth-order valence-electron chi connectivity index (χ4n) is 2.48. The van der Waals surface area contributed by atoms with Gasteiger partial charge >= 0.3 is 0 Å². The van der Waals surface area contributed by atoms with Crippen molar-refractivity contribution in [3.05, 3.63) is 30.3 Å². The molecule has 2 rings (SSSR count). The molecule has 0 atom stereocenters. The first-order chi connectivity index (χ1) is 11.4. The first kappa shape index (κ1) is 21.4. The molecule has 25 heavy (non-hydrogen) atoms. The zero-order valence-electron chi connectivity index (χ0n) is 13.8. The highest BCUT2D eigenvalue weighted by Gasteiger charge is 2.28. The van der Waals surface area contributed by atoms with Gasteiger partial charge in [-0.2, -0.15) is 4.31 Å². The average molecular weight is 391 g/mol. The van der Waals surface area contributed by atoms with Gasteiger partial charge in [0.2, 0.25) is 21.8 Å². The van der Waals surface area contributed by atoms with E-state index in [1.807, 2.05) is 0 Å². The summed E-state index contributed by atoms with van der Waals surface area (Å²) in [7, 11) is -3.56. The van der Waals surface area contributed by atoms with Gasteiger partial charge in [0.25, 0.3) is 0 Å². The molecule has 8 nitrogen and oxygen atoms in total. The normalized spacial score (nSPS) is 15.8. The van der Waals surface area contributed by atoms with E-state index in [9.17, 15) is 18.0 Å². The van der Waals surface area contributed by atoms with Crippen molar-refractivity contribution in [3.63, 3.8) is 0 Å². The van der Waals surface area contributed by atoms with Crippen LogP contribution in [-0.4, -0.2) is 68.7 Å². The van der Waals surface area contributed by atoms with Crippen LogP contribution < -0.4 is 11.1 Å². The molecule has 1 aromatic carbocycles. The Balaban J connectivity index is 0.00000312. The Hall–Kier alpha value is -1.68. The van der Waals surface area contributed by atoms with E-state index >= 15 is 0 Å². The predicted molar refractivity (Wildman–Crippen MR) is 95.7 cm³/mol. The number of carbonyl (C=O) groups excluding carboxylic acids is 2. The Morgan fingerprint density at radius 3 is 2.40 bits per heavy atom. The minimum absolute atomic E-state index is 0. The smallest absolute Gasteiger partial charge is 0.243 e. The highest BCUT2D eigenvalue weighted by molar-refractivity contribution is 7.89. The number of benzene rings is 1. The number of amides is 2. The fraction of sp³-hybridized carbons (Fsp3) is 0.467. The van der Waals surface area contributed by atoms with Crippen molar-refractivity contribution in [2.75, 3.05) is 39.3 Å². The summed E-state index contributed by atoms with van der Waals surface area (Å²) in [6, 6.07) is 8.25. The quantitative estimate of drug-likeness (QED) is 0.697. The summed E-state index contributed by atoms with van der Waals surface area (Å²) < 4.78 is 26.6. The predicted octanol–water partition coefficient (Wildman–Crippen LogP) is -0.594. The number of halogens is 1. The molecule has 0 aliphatic carbocycles. The lowest BCUT2D eigenvalue weighted by Crippen LogP contribution is -2.43. The zero-order valence-corrected chi connectivity index (χ0v) is 15.4. The third-order valence-corrected chi connectivity index (χ3v) is 5.72. The van der Waals surface area contributed by atoms with Gasteiger partial charge in [-0.1, -0.05) is 18.2 Å². The highest BCUT2D eigenvalue weighted by atomic mass is 35.5. The molecule has 1 aliphatic heterocycles. The van der Waals surface area contributed by atoms with E-state index in [-0.39, 0.29) is 42.8 Å². The van der Waals surface area contributed by atoms with E-state index in [4.69, 9.17) is 5.73 Å². The maximum absolute atomic E-state index is 12.6. The number of nitrogens with zero attached hydrogens (tertiary/aromatic N) is 2. The monoisotopic (exact) mass is 390 g/mol. The van der Waals surface area contributed by atoms with Gasteiger partial charge in [0, 0.05) is 26.2 Å². The Kier molecular flexibility index (Phi) is 8.30. The standard InChI is InChI=1S/C15H22N4O4S.ClH/c16-11-14(20)17-12-15(21)18-7-4-8-19(10-9-18)24(22,23)13-5-2-1-3-6-13;/h1-3,5-6H,4,7-12,16H2,(H,17,20);1H. The fourth-order valence-corrected chi connectivity index (χ4v) is 3.97. The van der Waals surface area contributed by atoms with E-state index < -0.39 is 15.9 Å². The zero-order chi connectivity index (χ0) is 17.6. The molecular weight excluding hydrogens is 368 g/mol. The molecule has 1 saturated heterocycles. The van der Waals surface area contributed by atoms with Crippen molar-refractivity contribution in [2.24, 2.45) is 5.73 Å². The molecule has 0 unspecified atom stereocenters. The first-order valence-corrected chi connectivity index (χ1v) is 9.19. The van der Waals surface area contributed by atoms with Crippen LogP contribution in [0.4, 0.5) is 0 Å². The number of hydrogen-bond acceptors (Lipinski definition) is 5. The molecule has 2 amide bonds. The van der Waals surface area contributed by atoms with Crippen LogP contribution in [0.5, 0.6) is 0 Å². The third kappa shape index (κ3) is 5.67. The van der Waals surface area contributed by atoms with Crippen molar-refractivity contribution in [1.29, 1.82) is 0 Å². The van der Waals surface area contributed by atoms with Gasteiger partial charge in [-0.15, -0.1) is 12.4 Å². The van der Waals surface area contributed by atoms with Crippen LogP contribution in [0.1, 0.15) is 6.42 Å². The second kappa shape index (κ2) is 9.71. The second-order valence-corrected chi connectivity index (χ2v) is 7.37. The van der Waals surface area contributed by atoms with E-state index in [0.29, 0.717) is 26.1 Å². The van der Waals surface area contributed by atoms with Crippen molar-refractivity contribution < 1.29 is 18.0 Å². The van der Waals surface area contributed by atoms with Crippen molar-refractivity contribution in [3.8, 4) is 0 Å². The van der Waals surface area contributed by atoms with Crippen molar-refractivity contribution in [1.82, 2.24) is 14.5 Å². The van der Waals surface area contributed by atoms with Crippen LogP contribution >= 0.6 is 12.4 Å². The maximum Gasteiger partial charge on any atom is 0.243 e. The van der Waals surface area contributed by atoms with Crippen LogP contribution in [0.2, 0.25) is 0 Å². The van der Waals surface area contributed by atoms with Crippen molar-refractivity contribution >= 4 is 34.2 Å². The van der Waals surface area contributed by atoms with Gasteiger partial charge in [-0.05, 0) is 18.6 Å². The lowest BCUT2D eigenvalue weighted by atomic mass is 10.4. The first-order valence-electron chi connectivity index (χ1n) is 7.75. The SMILES string of the molecule is Cl.NCC(=O)NCC(=O)N1CCCN(S(=O)(=O)c2ccccc2)CC1. The molecule has 0 bridgehead atoms. The maximum atomic E-state index is 12.6. The average Bonchev–Trinajstić information content (AvgIpc) is 2.86. The molecule has 0 radical (unpaired) electrons. The lowest BCUT2D eigenvalue weighted by Gasteiger charge is -2.22. The molecule has 10 heteroatoms. The molecule has 0 spiro atoms. The molecular formula is C15H23ClN4O4S. The summed E-state index contributed by atoms with van der Waals surface area (Å²) in [6.07, 6.45) is 0.544. The summed E-state index contributed by atoms with van der Waals surface area (Å²) in [6.45, 7) is 1.04. The van der Waals surface area contributed by atoms with Crippen LogP contribution in [-0.2, 0) is 19.6 Å². The molecule has 0 aromatic heterocycles. The van der Waals surface area contributed by atoms with Crippen LogP contribution in [0.25, 0.3) is 0 Å². The Morgan fingerprint density at radius 2 is 1.76 bits per heavy atom. The van der Waals surface area contributed by atoms with Crippen LogP contribution in [0, 0.1) is 0 Å². The van der Waals surface area contributed by atoms with Gasteiger partial charge in [0.1, 0.15) is 0 Å². The van der Waals surface area contributed by atoms with Crippen LogP contribution in [0.3, 0.4) is 0 Å². The van der Waals surface area contributed by atoms with Gasteiger partial charge in [0.05, 0.1) is 18.0 Å². The molecule has 1 aliphatic rings. The van der Waals surface area contributed by atoms with E-state index in [1.54, 1.807) is 35.2 Å². The van der Waals surface area contributed by atoms with Gasteiger partial charge in [-0.3, -0.25) is 9.59 Å². The van der Waals surface area contributed by atoms with Crippen LogP contribution in [0.15, 0.2) is 35.2 Å². The number of carbonyl (C=O) groups is 2. The van der Waals surface area contributed by atoms with E-state index in [0.717, 1.165) is 0 Å². The number of rotatable bonds is 5. The Labute approximate surface area is 153 Å². The molecule has 1 fully saturated rings. The van der Waals surface area contributed by atoms with Gasteiger partial charge in [0.15, 0.2) is 0 Å².